The molecule has 9 heteroatoms. The summed E-state index contributed by atoms with van der Waals surface area (Å²) in [7, 11) is 6.41. The Morgan fingerprint density at radius 1 is 1.10 bits per heavy atom. The van der Waals surface area contributed by atoms with Gasteiger partial charge < -0.3 is 25.0 Å². The van der Waals surface area contributed by atoms with Crippen molar-refractivity contribution in [2.75, 3.05) is 27.2 Å². The average Bonchev–Trinajstić information content (AvgIpc) is 3.59. The average molecular weight is 666 g/mol. The molecule has 0 spiro atoms. The molecule has 3 aliphatic carbocycles. The van der Waals surface area contributed by atoms with Crippen molar-refractivity contribution in [2.24, 2.45) is 42.1 Å². The fraction of sp³-hybridized carbons (Fsp3) is 0.718. The number of hydrogen-bond donors (Lipinski definition) is 3. The molecule has 1 aromatic heterocycles. The molecule has 3 saturated carbocycles. The molecule has 9 atom stereocenters. The van der Waals surface area contributed by atoms with Crippen molar-refractivity contribution in [3.63, 3.8) is 0 Å². The SMILES string of the molecule is CC(C)C[C@@H](CN(C)C)N(Cc1cccc(CN2O[C@@H](CO)[C@@H]([C@H](C)O)[C@H]2C(=O)N[C@H]2C[C@H]3C[C@@H]([C@@H]2C)C3(C)C)c1)Cc1cccn1C. The van der Waals surface area contributed by atoms with Gasteiger partial charge in [0.05, 0.1) is 19.3 Å². The van der Waals surface area contributed by atoms with Crippen LogP contribution in [0.2, 0.25) is 0 Å². The van der Waals surface area contributed by atoms with Gasteiger partial charge in [-0.3, -0.25) is 14.5 Å². The van der Waals surface area contributed by atoms with E-state index in [-0.39, 0.29) is 18.6 Å². The number of hydrogen-bond acceptors (Lipinski definition) is 7. The van der Waals surface area contributed by atoms with Gasteiger partial charge in [0.2, 0.25) is 5.91 Å². The fourth-order valence-corrected chi connectivity index (χ4v) is 9.21. The van der Waals surface area contributed by atoms with E-state index < -0.39 is 24.2 Å². The molecule has 0 unspecified atom stereocenters. The number of likely N-dealkylation sites (N-methyl/N-ethyl adjacent to an activating group) is 1. The van der Waals surface area contributed by atoms with Gasteiger partial charge in [0.15, 0.2) is 0 Å². The zero-order chi connectivity index (χ0) is 34.9. The summed E-state index contributed by atoms with van der Waals surface area (Å²) in [5.41, 5.74) is 3.85. The number of rotatable bonds is 15. The number of benzene rings is 1. The number of carbonyl (C=O) groups excluding carboxylic acids is 1. The van der Waals surface area contributed by atoms with Gasteiger partial charge in [-0.15, -0.1) is 0 Å². The molecule has 4 fully saturated rings. The van der Waals surface area contributed by atoms with Crippen LogP contribution in [0.3, 0.4) is 0 Å². The van der Waals surface area contributed by atoms with Crippen LogP contribution in [0.5, 0.6) is 0 Å². The van der Waals surface area contributed by atoms with E-state index in [9.17, 15) is 15.0 Å². The summed E-state index contributed by atoms with van der Waals surface area (Å²) >= 11 is 0. The Bertz CT molecular complexity index is 1350. The van der Waals surface area contributed by atoms with Crippen LogP contribution >= 0.6 is 0 Å². The predicted molar refractivity (Wildman–Crippen MR) is 190 cm³/mol. The molecule has 48 heavy (non-hydrogen) atoms. The first-order chi connectivity index (χ1) is 22.7. The molecule has 4 aliphatic rings. The number of amides is 1. The smallest absolute Gasteiger partial charge is 0.240 e. The van der Waals surface area contributed by atoms with Crippen molar-refractivity contribution >= 4 is 5.91 Å². The standard InChI is InChI=1S/C39H63N5O4/c1-25(2)16-32(22-41(7)8)43(23-31-14-11-15-42(31)9)20-28-12-10-13-29(17-28)21-44-37(36(27(4)46)35(24-45)48-44)38(47)40-34-19-30-18-33(26(34)3)39(30,5)6/h10-15,17,25-27,30,32-37,45-46H,16,18-24H2,1-9H3,(H,40,47)/t26-,27-,30+,32-,33-,34-,35-,36+,37-/m0/s1. The van der Waals surface area contributed by atoms with E-state index in [2.05, 4.69) is 118 Å². The van der Waals surface area contributed by atoms with Crippen LogP contribution in [0.1, 0.15) is 77.6 Å². The van der Waals surface area contributed by atoms with Crippen LogP contribution in [-0.2, 0) is 36.3 Å². The Kier molecular flexibility index (Phi) is 11.8. The number of hydroxylamine groups is 2. The largest absolute Gasteiger partial charge is 0.394 e. The first kappa shape index (κ1) is 37.0. The molecule has 2 heterocycles. The number of fused-ring (bicyclic) bond motifs is 2. The van der Waals surface area contributed by atoms with Gasteiger partial charge in [-0.25, -0.2) is 0 Å². The highest BCUT2D eigenvalue weighted by Gasteiger charge is 2.57. The molecular formula is C39H63N5O4. The van der Waals surface area contributed by atoms with Crippen molar-refractivity contribution in [2.45, 2.75) is 111 Å². The quantitative estimate of drug-likeness (QED) is 0.255. The van der Waals surface area contributed by atoms with Crippen LogP contribution in [0.15, 0.2) is 42.6 Å². The highest BCUT2D eigenvalue weighted by Crippen LogP contribution is 2.61. The minimum Gasteiger partial charge on any atom is -0.394 e. The lowest BCUT2D eigenvalue weighted by atomic mass is 9.45. The number of aromatic nitrogens is 1. The van der Waals surface area contributed by atoms with Gasteiger partial charge in [0, 0.05) is 56.6 Å². The zero-order valence-electron chi connectivity index (χ0n) is 31.0. The highest BCUT2D eigenvalue weighted by molar-refractivity contribution is 5.82. The second-order valence-electron chi connectivity index (χ2n) is 16.6. The van der Waals surface area contributed by atoms with Crippen LogP contribution in [0.4, 0.5) is 0 Å². The van der Waals surface area contributed by atoms with E-state index in [1.54, 1.807) is 12.0 Å². The van der Waals surface area contributed by atoms with Gasteiger partial charge in [-0.2, -0.15) is 5.06 Å². The molecule has 268 valence electrons. The molecule has 6 rings (SSSR count). The molecule has 2 aromatic rings. The lowest BCUT2D eigenvalue weighted by Crippen LogP contribution is -2.62. The molecule has 1 aromatic carbocycles. The number of aryl methyl sites for hydroxylation is 1. The topological polar surface area (TPSA) is 93.4 Å². The second-order valence-corrected chi connectivity index (χ2v) is 16.6. The Morgan fingerprint density at radius 2 is 1.83 bits per heavy atom. The van der Waals surface area contributed by atoms with Crippen molar-refractivity contribution in [3.8, 4) is 0 Å². The minimum absolute atomic E-state index is 0.110. The van der Waals surface area contributed by atoms with Gasteiger partial charge in [-0.1, -0.05) is 58.9 Å². The number of aliphatic hydroxyl groups is 2. The molecule has 1 saturated heterocycles. The van der Waals surface area contributed by atoms with E-state index in [0.29, 0.717) is 41.7 Å². The summed E-state index contributed by atoms with van der Waals surface area (Å²) in [4.78, 5) is 25.3. The van der Waals surface area contributed by atoms with Gasteiger partial charge in [0.25, 0.3) is 0 Å². The fourth-order valence-electron chi connectivity index (χ4n) is 9.21. The van der Waals surface area contributed by atoms with Crippen LogP contribution in [0, 0.1) is 35.0 Å². The third-order valence-electron chi connectivity index (χ3n) is 12.0. The van der Waals surface area contributed by atoms with E-state index in [1.165, 1.54) is 17.7 Å². The van der Waals surface area contributed by atoms with E-state index in [4.69, 9.17) is 4.84 Å². The van der Waals surface area contributed by atoms with Crippen LogP contribution < -0.4 is 5.32 Å². The maximum absolute atomic E-state index is 14.1. The van der Waals surface area contributed by atoms with E-state index in [0.717, 1.165) is 38.0 Å². The second kappa shape index (κ2) is 15.3. The summed E-state index contributed by atoms with van der Waals surface area (Å²) in [6.07, 6.45) is 3.98. The lowest BCUT2D eigenvalue weighted by molar-refractivity contribution is -0.183. The molecule has 0 radical (unpaired) electrons. The number of nitrogens with one attached hydrogen (secondary N) is 1. The van der Waals surface area contributed by atoms with Gasteiger partial charge >= 0.3 is 0 Å². The minimum atomic E-state index is -0.814. The third-order valence-corrected chi connectivity index (χ3v) is 12.0. The molecular weight excluding hydrogens is 602 g/mol. The van der Waals surface area contributed by atoms with Gasteiger partial charge in [0.1, 0.15) is 12.1 Å². The van der Waals surface area contributed by atoms with E-state index in [1.807, 2.05) is 0 Å². The first-order valence-electron chi connectivity index (χ1n) is 18.3. The lowest BCUT2D eigenvalue weighted by Gasteiger charge is -2.62. The van der Waals surface area contributed by atoms with Crippen LogP contribution in [-0.4, -0.2) is 93.1 Å². The Labute approximate surface area is 289 Å². The summed E-state index contributed by atoms with van der Waals surface area (Å²) in [5.74, 6) is 1.55. The molecule has 1 aliphatic heterocycles. The first-order valence-corrected chi connectivity index (χ1v) is 18.3. The number of carbonyl (C=O) groups is 1. The maximum atomic E-state index is 14.1. The summed E-state index contributed by atoms with van der Waals surface area (Å²) in [6, 6.07) is 12.7. The Hall–Kier alpha value is -2.27. The summed E-state index contributed by atoms with van der Waals surface area (Å²) in [5, 5.41) is 26.3. The normalized spacial score (nSPS) is 29.8. The highest BCUT2D eigenvalue weighted by atomic mass is 16.7. The molecule has 9 nitrogen and oxygen atoms in total. The number of nitrogens with zero attached hydrogens (tertiary/aromatic N) is 4. The van der Waals surface area contributed by atoms with Crippen molar-refractivity contribution in [1.29, 1.82) is 0 Å². The maximum Gasteiger partial charge on any atom is 0.240 e. The predicted octanol–water partition coefficient (Wildman–Crippen LogP) is 4.66. The third kappa shape index (κ3) is 8.03. The molecule has 1 amide bonds. The van der Waals surface area contributed by atoms with Gasteiger partial charge in [-0.05, 0) is 92.6 Å². The number of aliphatic hydroxyl groups excluding tert-OH is 2. The van der Waals surface area contributed by atoms with Crippen molar-refractivity contribution < 1.29 is 19.8 Å². The zero-order valence-corrected chi connectivity index (χ0v) is 31.0. The monoisotopic (exact) mass is 665 g/mol. The van der Waals surface area contributed by atoms with Crippen molar-refractivity contribution in [1.82, 2.24) is 24.7 Å². The summed E-state index contributed by atoms with van der Waals surface area (Å²) in [6.45, 7) is 16.0. The summed E-state index contributed by atoms with van der Waals surface area (Å²) < 4.78 is 2.20. The Balaban J connectivity index is 1.35. The van der Waals surface area contributed by atoms with Crippen LogP contribution in [0.25, 0.3) is 0 Å². The Morgan fingerprint density at radius 3 is 2.42 bits per heavy atom. The molecule has 3 N–H and O–H groups in total. The van der Waals surface area contributed by atoms with E-state index >= 15 is 0 Å². The van der Waals surface area contributed by atoms with Crippen molar-refractivity contribution in [3.05, 3.63) is 59.4 Å². The molecule has 2 bridgehead atoms.